The average Bonchev–Trinajstić information content (AvgIpc) is 2.72. The minimum atomic E-state index is -0.490. The van der Waals surface area contributed by atoms with Gasteiger partial charge in [-0.05, 0) is 42.0 Å². The van der Waals surface area contributed by atoms with Gasteiger partial charge in [0.2, 0.25) is 5.95 Å². The fourth-order valence-corrected chi connectivity index (χ4v) is 2.55. The Morgan fingerprint density at radius 1 is 1.04 bits per heavy atom. The summed E-state index contributed by atoms with van der Waals surface area (Å²) in [6, 6.07) is 16.5. The van der Waals surface area contributed by atoms with Crippen molar-refractivity contribution in [2.24, 2.45) is 0 Å². The molecule has 2 aromatic carbocycles. The zero-order valence-corrected chi connectivity index (χ0v) is 14.9. The Labute approximate surface area is 156 Å². The molecule has 7 nitrogen and oxygen atoms in total. The van der Waals surface area contributed by atoms with Crippen molar-refractivity contribution in [3.05, 3.63) is 70.0 Å². The van der Waals surface area contributed by atoms with Gasteiger partial charge in [0.1, 0.15) is 23.1 Å². The Morgan fingerprint density at radius 2 is 1.63 bits per heavy atom. The van der Waals surface area contributed by atoms with Crippen molar-refractivity contribution in [1.82, 2.24) is 9.97 Å². The van der Waals surface area contributed by atoms with Gasteiger partial charge < -0.3 is 14.8 Å². The molecule has 0 amide bonds. The van der Waals surface area contributed by atoms with Crippen LogP contribution < -0.4 is 20.3 Å². The maximum absolute atomic E-state index is 12.3. The SMILES string of the molecule is COc1ccc(CNc2nc(-c3ccc(OC)cc3)c(C#N)c(=O)[nH]2)cc1. The molecule has 3 rings (SSSR count). The number of H-pyrrole nitrogens is 1. The summed E-state index contributed by atoms with van der Waals surface area (Å²) in [7, 11) is 3.18. The molecule has 136 valence electrons. The molecule has 0 aliphatic heterocycles. The van der Waals surface area contributed by atoms with E-state index in [1.807, 2.05) is 30.3 Å². The smallest absolute Gasteiger partial charge is 0.270 e. The number of ether oxygens (including phenoxy) is 2. The van der Waals surface area contributed by atoms with E-state index in [4.69, 9.17) is 9.47 Å². The van der Waals surface area contributed by atoms with Gasteiger partial charge in [-0.3, -0.25) is 9.78 Å². The van der Waals surface area contributed by atoms with Crippen LogP contribution in [0.2, 0.25) is 0 Å². The third-order valence-corrected chi connectivity index (χ3v) is 4.01. The first kappa shape index (κ1) is 18.0. The van der Waals surface area contributed by atoms with Crippen molar-refractivity contribution >= 4 is 5.95 Å². The van der Waals surface area contributed by atoms with Crippen molar-refractivity contribution in [1.29, 1.82) is 5.26 Å². The highest BCUT2D eigenvalue weighted by Gasteiger charge is 2.13. The van der Waals surface area contributed by atoms with Gasteiger partial charge in [-0.25, -0.2) is 4.98 Å². The molecule has 7 heteroatoms. The van der Waals surface area contributed by atoms with E-state index in [0.717, 1.165) is 11.3 Å². The lowest BCUT2D eigenvalue weighted by Crippen LogP contribution is -2.17. The molecular weight excluding hydrogens is 344 g/mol. The van der Waals surface area contributed by atoms with Crippen molar-refractivity contribution in [2.45, 2.75) is 6.54 Å². The predicted molar refractivity (Wildman–Crippen MR) is 102 cm³/mol. The summed E-state index contributed by atoms with van der Waals surface area (Å²) in [6.07, 6.45) is 0. The van der Waals surface area contributed by atoms with Gasteiger partial charge in [0.05, 0.1) is 19.9 Å². The number of nitrogens with one attached hydrogen (secondary N) is 2. The van der Waals surface area contributed by atoms with Crippen LogP contribution >= 0.6 is 0 Å². The van der Waals surface area contributed by atoms with Crippen LogP contribution in [0.1, 0.15) is 11.1 Å². The molecule has 0 aliphatic carbocycles. The van der Waals surface area contributed by atoms with E-state index in [9.17, 15) is 10.1 Å². The van der Waals surface area contributed by atoms with Crippen LogP contribution in [0.3, 0.4) is 0 Å². The number of hydrogen-bond acceptors (Lipinski definition) is 6. The number of nitrogens with zero attached hydrogens (tertiary/aromatic N) is 2. The van der Waals surface area contributed by atoms with Gasteiger partial charge in [0.15, 0.2) is 0 Å². The number of rotatable bonds is 6. The van der Waals surface area contributed by atoms with Gasteiger partial charge in [0, 0.05) is 12.1 Å². The van der Waals surface area contributed by atoms with Crippen molar-refractivity contribution < 1.29 is 9.47 Å². The van der Waals surface area contributed by atoms with Gasteiger partial charge >= 0.3 is 0 Å². The Morgan fingerprint density at radius 3 is 2.19 bits per heavy atom. The topological polar surface area (TPSA) is 100 Å². The van der Waals surface area contributed by atoms with Crippen LogP contribution in [0.25, 0.3) is 11.3 Å². The molecule has 0 aliphatic rings. The number of aromatic nitrogens is 2. The number of anilines is 1. The summed E-state index contributed by atoms with van der Waals surface area (Å²) < 4.78 is 10.3. The summed E-state index contributed by atoms with van der Waals surface area (Å²) in [5.41, 5.74) is 1.45. The van der Waals surface area contributed by atoms with Crippen LogP contribution in [0.5, 0.6) is 11.5 Å². The van der Waals surface area contributed by atoms with Crippen LogP contribution in [0.4, 0.5) is 5.95 Å². The maximum atomic E-state index is 12.3. The molecule has 3 aromatic rings. The van der Waals surface area contributed by atoms with Crippen LogP contribution in [0.15, 0.2) is 53.3 Å². The first-order valence-corrected chi connectivity index (χ1v) is 8.20. The number of nitriles is 1. The minimum Gasteiger partial charge on any atom is -0.497 e. The zero-order valence-electron chi connectivity index (χ0n) is 14.9. The van der Waals surface area contributed by atoms with Gasteiger partial charge in [0.25, 0.3) is 5.56 Å². The first-order chi connectivity index (χ1) is 13.1. The maximum Gasteiger partial charge on any atom is 0.270 e. The molecule has 1 heterocycles. The molecule has 2 N–H and O–H groups in total. The number of aromatic amines is 1. The Balaban J connectivity index is 1.88. The molecule has 0 saturated heterocycles. The Hall–Kier alpha value is -3.79. The van der Waals surface area contributed by atoms with Crippen molar-refractivity contribution in [2.75, 3.05) is 19.5 Å². The van der Waals surface area contributed by atoms with Crippen LogP contribution in [-0.2, 0) is 6.54 Å². The lowest BCUT2D eigenvalue weighted by Gasteiger charge is -2.10. The van der Waals surface area contributed by atoms with E-state index in [1.165, 1.54) is 0 Å². The molecular formula is C20H18N4O3. The lowest BCUT2D eigenvalue weighted by molar-refractivity contribution is 0.414. The number of hydrogen-bond donors (Lipinski definition) is 2. The van der Waals surface area contributed by atoms with Gasteiger partial charge in [-0.1, -0.05) is 12.1 Å². The second-order valence-corrected chi connectivity index (χ2v) is 5.68. The Bertz CT molecular complexity index is 1020. The van der Waals surface area contributed by atoms with E-state index in [0.29, 0.717) is 29.5 Å². The number of methoxy groups -OCH3 is 2. The largest absolute Gasteiger partial charge is 0.497 e. The summed E-state index contributed by atoms with van der Waals surface area (Å²) in [5.74, 6) is 1.74. The van der Waals surface area contributed by atoms with E-state index in [1.54, 1.807) is 38.5 Å². The normalized spacial score (nSPS) is 10.1. The highest BCUT2D eigenvalue weighted by atomic mass is 16.5. The molecule has 0 bridgehead atoms. The molecule has 0 fully saturated rings. The summed E-state index contributed by atoms with van der Waals surface area (Å²) >= 11 is 0. The van der Waals surface area contributed by atoms with Crippen molar-refractivity contribution in [3.8, 4) is 28.8 Å². The fourth-order valence-electron chi connectivity index (χ4n) is 2.55. The monoisotopic (exact) mass is 362 g/mol. The molecule has 0 atom stereocenters. The quantitative estimate of drug-likeness (QED) is 0.699. The predicted octanol–water partition coefficient (Wildman–Crippen LogP) is 2.94. The van der Waals surface area contributed by atoms with Crippen LogP contribution in [-0.4, -0.2) is 24.2 Å². The second-order valence-electron chi connectivity index (χ2n) is 5.68. The first-order valence-electron chi connectivity index (χ1n) is 8.20. The summed E-state index contributed by atoms with van der Waals surface area (Å²) in [6.45, 7) is 0.459. The average molecular weight is 362 g/mol. The van der Waals surface area contributed by atoms with E-state index < -0.39 is 5.56 Å². The summed E-state index contributed by atoms with van der Waals surface area (Å²) in [4.78, 5) is 19.3. The Kier molecular flexibility index (Phi) is 5.38. The third kappa shape index (κ3) is 4.07. The molecule has 1 aromatic heterocycles. The van der Waals surface area contributed by atoms with E-state index in [-0.39, 0.29) is 5.56 Å². The van der Waals surface area contributed by atoms with E-state index in [2.05, 4.69) is 15.3 Å². The molecule has 0 unspecified atom stereocenters. The number of benzene rings is 2. The zero-order chi connectivity index (χ0) is 19.2. The van der Waals surface area contributed by atoms with Crippen molar-refractivity contribution in [3.63, 3.8) is 0 Å². The molecule has 0 saturated carbocycles. The fraction of sp³-hybridized carbons (Fsp3) is 0.150. The molecule has 0 radical (unpaired) electrons. The molecule has 27 heavy (non-hydrogen) atoms. The second kappa shape index (κ2) is 8.06. The standard InChI is InChI=1S/C20H18N4O3/c1-26-15-7-3-13(4-8-15)12-22-20-23-18(17(11-21)19(25)24-20)14-5-9-16(27-2)10-6-14/h3-10H,12H2,1-2H3,(H2,22,23,24,25). The van der Waals surface area contributed by atoms with Crippen LogP contribution in [0, 0.1) is 11.3 Å². The minimum absolute atomic E-state index is 0.0323. The summed E-state index contributed by atoms with van der Waals surface area (Å²) in [5, 5.41) is 12.4. The van der Waals surface area contributed by atoms with E-state index >= 15 is 0 Å². The molecule has 0 spiro atoms. The highest BCUT2D eigenvalue weighted by molar-refractivity contribution is 5.67. The highest BCUT2D eigenvalue weighted by Crippen LogP contribution is 2.23. The van der Waals surface area contributed by atoms with Gasteiger partial charge in [-0.15, -0.1) is 0 Å². The lowest BCUT2D eigenvalue weighted by atomic mass is 10.1. The van der Waals surface area contributed by atoms with Gasteiger partial charge in [-0.2, -0.15) is 5.26 Å². The third-order valence-electron chi connectivity index (χ3n) is 4.01.